The normalized spacial score (nSPS) is 10.4. The van der Waals surface area contributed by atoms with Crippen molar-refractivity contribution < 1.29 is 4.39 Å². The van der Waals surface area contributed by atoms with Gasteiger partial charge in [-0.3, -0.25) is 0 Å². The molecular weight excluding hydrogens is 231 g/mol. The Morgan fingerprint density at radius 2 is 2.08 bits per heavy atom. The molecule has 0 aliphatic carbocycles. The molecule has 0 radical (unpaired) electrons. The van der Waals surface area contributed by atoms with Gasteiger partial charge in [0.1, 0.15) is 5.82 Å². The first-order chi connectivity index (χ1) is 6.24. The fourth-order valence-corrected chi connectivity index (χ4v) is 1.75. The Kier molecular flexibility index (Phi) is 4.43. The summed E-state index contributed by atoms with van der Waals surface area (Å²) in [5.74, 6) is -0.144. The van der Waals surface area contributed by atoms with Crippen LogP contribution in [0.3, 0.4) is 0 Å². The van der Waals surface area contributed by atoms with Crippen molar-refractivity contribution in [2.45, 2.75) is 32.6 Å². The van der Waals surface area contributed by atoms with Crippen molar-refractivity contribution >= 4 is 15.9 Å². The van der Waals surface area contributed by atoms with Crippen molar-refractivity contribution in [1.29, 1.82) is 0 Å². The number of hydrogen-bond donors (Lipinski definition) is 0. The van der Waals surface area contributed by atoms with Gasteiger partial charge >= 0.3 is 0 Å². The van der Waals surface area contributed by atoms with E-state index in [1.54, 1.807) is 12.1 Å². The Morgan fingerprint density at radius 3 is 2.77 bits per heavy atom. The molecular formula is C11H14BrF. The summed E-state index contributed by atoms with van der Waals surface area (Å²) in [6.07, 6.45) is 4.51. The van der Waals surface area contributed by atoms with E-state index in [0.29, 0.717) is 0 Å². The molecule has 0 spiro atoms. The molecule has 72 valence electrons. The number of aryl methyl sites for hydroxylation is 1. The molecule has 0 bridgehead atoms. The smallest absolute Gasteiger partial charge is 0.123 e. The number of rotatable bonds is 4. The molecule has 0 nitrogen and oxygen atoms in total. The van der Waals surface area contributed by atoms with E-state index < -0.39 is 0 Å². The van der Waals surface area contributed by atoms with Crippen LogP contribution < -0.4 is 0 Å². The molecule has 0 aromatic heterocycles. The lowest BCUT2D eigenvalue weighted by Gasteiger charge is -2.03. The number of unbranched alkanes of at least 4 members (excludes halogenated alkanes) is 2. The highest BCUT2D eigenvalue weighted by Crippen LogP contribution is 2.19. The Balaban J connectivity index is 2.59. The molecule has 0 unspecified atom stereocenters. The van der Waals surface area contributed by atoms with Crippen LogP contribution in [0.2, 0.25) is 0 Å². The van der Waals surface area contributed by atoms with Crippen LogP contribution >= 0.6 is 15.9 Å². The zero-order valence-corrected chi connectivity index (χ0v) is 9.40. The largest absolute Gasteiger partial charge is 0.207 e. The average molecular weight is 245 g/mol. The quantitative estimate of drug-likeness (QED) is 0.693. The monoisotopic (exact) mass is 244 g/mol. The van der Waals surface area contributed by atoms with Crippen LogP contribution in [0.5, 0.6) is 0 Å². The molecule has 0 saturated carbocycles. The summed E-state index contributed by atoms with van der Waals surface area (Å²) in [5, 5.41) is 0. The maximum Gasteiger partial charge on any atom is 0.123 e. The fraction of sp³-hybridized carbons (Fsp3) is 0.455. The van der Waals surface area contributed by atoms with E-state index in [1.165, 1.54) is 18.9 Å². The van der Waals surface area contributed by atoms with Gasteiger partial charge < -0.3 is 0 Å². The SMILES string of the molecule is CCCCCc1cc(F)ccc1Br. The maximum atomic E-state index is 12.8. The van der Waals surface area contributed by atoms with Crippen molar-refractivity contribution in [1.82, 2.24) is 0 Å². The third kappa shape index (κ3) is 3.47. The lowest BCUT2D eigenvalue weighted by molar-refractivity contribution is 0.622. The van der Waals surface area contributed by atoms with Gasteiger partial charge in [0.2, 0.25) is 0 Å². The standard InChI is InChI=1S/C11H14BrF/c1-2-3-4-5-9-8-10(13)6-7-11(9)12/h6-8H,2-5H2,1H3. The summed E-state index contributed by atoms with van der Waals surface area (Å²) in [6, 6.07) is 4.86. The summed E-state index contributed by atoms with van der Waals surface area (Å²) < 4.78 is 13.9. The first-order valence-electron chi connectivity index (χ1n) is 4.68. The number of benzene rings is 1. The van der Waals surface area contributed by atoms with Gasteiger partial charge in [0.25, 0.3) is 0 Å². The van der Waals surface area contributed by atoms with Gasteiger partial charge in [-0.25, -0.2) is 4.39 Å². The highest BCUT2D eigenvalue weighted by atomic mass is 79.9. The fourth-order valence-electron chi connectivity index (χ4n) is 1.30. The second-order valence-corrected chi connectivity index (χ2v) is 4.05. The summed E-state index contributed by atoms with van der Waals surface area (Å²) >= 11 is 3.42. The molecule has 0 amide bonds. The summed E-state index contributed by atoms with van der Waals surface area (Å²) in [6.45, 7) is 2.17. The third-order valence-corrected chi connectivity index (χ3v) is 2.83. The van der Waals surface area contributed by atoms with E-state index in [2.05, 4.69) is 22.9 Å². The van der Waals surface area contributed by atoms with E-state index in [1.807, 2.05) is 0 Å². The first kappa shape index (κ1) is 10.7. The zero-order valence-electron chi connectivity index (χ0n) is 7.82. The Hall–Kier alpha value is -0.370. The van der Waals surface area contributed by atoms with E-state index in [9.17, 15) is 4.39 Å². The van der Waals surface area contributed by atoms with Crippen molar-refractivity contribution in [3.8, 4) is 0 Å². The Morgan fingerprint density at radius 1 is 1.31 bits per heavy atom. The van der Waals surface area contributed by atoms with Crippen LogP contribution in [-0.2, 0) is 6.42 Å². The van der Waals surface area contributed by atoms with Crippen molar-refractivity contribution in [3.63, 3.8) is 0 Å². The summed E-state index contributed by atoms with van der Waals surface area (Å²) in [5.41, 5.74) is 1.08. The van der Waals surface area contributed by atoms with Gasteiger partial charge in [0, 0.05) is 4.47 Å². The van der Waals surface area contributed by atoms with E-state index in [-0.39, 0.29) is 5.82 Å². The van der Waals surface area contributed by atoms with Gasteiger partial charge in [0.05, 0.1) is 0 Å². The minimum Gasteiger partial charge on any atom is -0.207 e. The topological polar surface area (TPSA) is 0 Å². The lowest BCUT2D eigenvalue weighted by Crippen LogP contribution is -1.88. The molecule has 0 heterocycles. The summed E-state index contributed by atoms with van der Waals surface area (Å²) in [7, 11) is 0. The average Bonchev–Trinajstić information content (AvgIpc) is 2.11. The molecule has 1 aromatic carbocycles. The van der Waals surface area contributed by atoms with Crippen LogP contribution in [0, 0.1) is 5.82 Å². The highest BCUT2D eigenvalue weighted by molar-refractivity contribution is 9.10. The predicted octanol–water partition coefficient (Wildman–Crippen LogP) is 4.32. The molecule has 0 fully saturated rings. The Labute approximate surface area is 87.3 Å². The van der Waals surface area contributed by atoms with Crippen LogP contribution in [0.15, 0.2) is 22.7 Å². The van der Waals surface area contributed by atoms with Gasteiger partial charge in [-0.05, 0) is 36.6 Å². The molecule has 1 aromatic rings. The van der Waals surface area contributed by atoms with E-state index in [4.69, 9.17) is 0 Å². The van der Waals surface area contributed by atoms with Gasteiger partial charge in [-0.15, -0.1) is 0 Å². The van der Waals surface area contributed by atoms with Gasteiger partial charge in [0.15, 0.2) is 0 Å². The van der Waals surface area contributed by atoms with Crippen LogP contribution in [0.1, 0.15) is 31.7 Å². The predicted molar refractivity (Wildman–Crippen MR) is 57.3 cm³/mol. The van der Waals surface area contributed by atoms with Crippen molar-refractivity contribution in [3.05, 3.63) is 34.1 Å². The van der Waals surface area contributed by atoms with Crippen LogP contribution in [-0.4, -0.2) is 0 Å². The highest BCUT2D eigenvalue weighted by Gasteiger charge is 2.00. The third-order valence-electron chi connectivity index (χ3n) is 2.06. The van der Waals surface area contributed by atoms with E-state index >= 15 is 0 Å². The second kappa shape index (κ2) is 5.38. The lowest BCUT2D eigenvalue weighted by atomic mass is 10.1. The number of halogens is 2. The molecule has 0 atom stereocenters. The molecule has 0 aliphatic heterocycles. The maximum absolute atomic E-state index is 12.8. The van der Waals surface area contributed by atoms with Gasteiger partial charge in [-0.2, -0.15) is 0 Å². The first-order valence-corrected chi connectivity index (χ1v) is 5.47. The minimum absolute atomic E-state index is 0.144. The van der Waals surface area contributed by atoms with Crippen molar-refractivity contribution in [2.75, 3.05) is 0 Å². The Bertz CT molecular complexity index is 271. The van der Waals surface area contributed by atoms with Crippen molar-refractivity contribution in [2.24, 2.45) is 0 Å². The molecule has 1 rings (SSSR count). The summed E-state index contributed by atoms with van der Waals surface area (Å²) in [4.78, 5) is 0. The van der Waals surface area contributed by atoms with Crippen LogP contribution in [0.25, 0.3) is 0 Å². The minimum atomic E-state index is -0.144. The zero-order chi connectivity index (χ0) is 9.68. The van der Waals surface area contributed by atoms with Crippen LogP contribution in [0.4, 0.5) is 4.39 Å². The second-order valence-electron chi connectivity index (χ2n) is 3.19. The molecule has 0 saturated heterocycles. The van der Waals surface area contributed by atoms with Gasteiger partial charge in [-0.1, -0.05) is 35.7 Å². The number of hydrogen-bond acceptors (Lipinski definition) is 0. The molecule has 0 aliphatic rings. The molecule has 13 heavy (non-hydrogen) atoms. The molecule has 2 heteroatoms. The molecule has 0 N–H and O–H groups in total. The van der Waals surface area contributed by atoms with E-state index in [0.717, 1.165) is 22.9 Å².